The molecule has 3 aromatic carbocycles. The number of rotatable bonds is 7. The van der Waals surface area contributed by atoms with Crippen LogP contribution in [-0.2, 0) is 0 Å². The van der Waals surface area contributed by atoms with Gasteiger partial charge in [0.05, 0.1) is 25.5 Å². The largest absolute Gasteiger partial charge is 0.496 e. The van der Waals surface area contributed by atoms with Crippen LogP contribution in [0.2, 0.25) is 0 Å². The van der Waals surface area contributed by atoms with E-state index in [0.29, 0.717) is 17.9 Å². The normalized spacial score (nSPS) is 11.0. The summed E-state index contributed by atoms with van der Waals surface area (Å²) in [6.07, 6.45) is 2.54. The van der Waals surface area contributed by atoms with Gasteiger partial charge in [0.1, 0.15) is 11.5 Å². The van der Waals surface area contributed by atoms with E-state index in [4.69, 9.17) is 9.47 Å². The van der Waals surface area contributed by atoms with Crippen molar-refractivity contribution in [2.75, 3.05) is 13.7 Å². The van der Waals surface area contributed by atoms with Crippen molar-refractivity contribution in [1.82, 2.24) is 5.43 Å². The minimum atomic E-state index is -0.329. The number of hydrogen-bond acceptors (Lipinski definition) is 4. The summed E-state index contributed by atoms with van der Waals surface area (Å²) >= 11 is 0. The third kappa shape index (κ3) is 4.31. The average molecular weight is 376 g/mol. The molecule has 0 saturated heterocycles. The maximum atomic E-state index is 12.5. The lowest BCUT2D eigenvalue weighted by atomic mass is 10.0. The predicted molar refractivity (Wildman–Crippen MR) is 113 cm³/mol. The molecule has 3 rings (SSSR count). The molecule has 0 aliphatic carbocycles. The highest BCUT2D eigenvalue weighted by Crippen LogP contribution is 2.27. The molecule has 0 atom stereocenters. The zero-order valence-electron chi connectivity index (χ0n) is 16.4. The molecule has 0 heterocycles. The highest BCUT2D eigenvalue weighted by atomic mass is 16.5. The fraction of sp³-hybridized carbons (Fsp3) is 0.217. The second-order valence-electron chi connectivity index (χ2n) is 6.45. The van der Waals surface area contributed by atoms with Gasteiger partial charge in [-0.25, -0.2) is 5.43 Å². The van der Waals surface area contributed by atoms with E-state index >= 15 is 0 Å². The topological polar surface area (TPSA) is 59.9 Å². The molecule has 1 amide bonds. The van der Waals surface area contributed by atoms with Crippen molar-refractivity contribution < 1.29 is 14.3 Å². The molecule has 5 nitrogen and oxygen atoms in total. The number of nitrogens with zero attached hydrogens (tertiary/aromatic N) is 1. The number of carbonyl (C=O) groups is 1. The highest BCUT2D eigenvalue weighted by Gasteiger charge is 2.12. The first kappa shape index (κ1) is 19.4. The van der Waals surface area contributed by atoms with Gasteiger partial charge in [0.25, 0.3) is 5.91 Å². The fourth-order valence-corrected chi connectivity index (χ4v) is 2.95. The average Bonchev–Trinajstić information content (AvgIpc) is 2.72. The molecule has 144 valence electrons. The molecule has 0 aromatic heterocycles. The molecular formula is C23H24N2O3. The van der Waals surface area contributed by atoms with Crippen LogP contribution in [0.15, 0.2) is 59.7 Å². The van der Waals surface area contributed by atoms with Crippen LogP contribution in [0.1, 0.15) is 34.8 Å². The van der Waals surface area contributed by atoms with Crippen LogP contribution >= 0.6 is 0 Å². The lowest BCUT2D eigenvalue weighted by Crippen LogP contribution is -2.18. The van der Waals surface area contributed by atoms with Gasteiger partial charge in [0, 0.05) is 5.56 Å². The SMILES string of the molecule is CCCOc1ccc2ccccc2c1/C=N\NC(=O)c1ccc(C)cc1OC. The molecule has 0 bridgehead atoms. The van der Waals surface area contributed by atoms with E-state index in [1.54, 1.807) is 19.4 Å². The second kappa shape index (κ2) is 9.04. The Balaban J connectivity index is 1.87. The summed E-state index contributed by atoms with van der Waals surface area (Å²) in [6, 6.07) is 17.4. The summed E-state index contributed by atoms with van der Waals surface area (Å²) in [5.41, 5.74) is 4.88. The number of nitrogens with one attached hydrogen (secondary N) is 1. The number of benzene rings is 3. The van der Waals surface area contributed by atoms with Gasteiger partial charge in [-0.05, 0) is 47.9 Å². The number of aryl methyl sites for hydroxylation is 1. The lowest BCUT2D eigenvalue weighted by Gasteiger charge is -2.11. The predicted octanol–water partition coefficient (Wildman–Crippen LogP) is 4.71. The first-order chi connectivity index (χ1) is 13.6. The molecule has 0 saturated carbocycles. The summed E-state index contributed by atoms with van der Waals surface area (Å²) < 4.78 is 11.2. The van der Waals surface area contributed by atoms with Gasteiger partial charge >= 0.3 is 0 Å². The molecule has 0 radical (unpaired) electrons. The lowest BCUT2D eigenvalue weighted by molar-refractivity contribution is 0.0952. The zero-order chi connectivity index (χ0) is 19.9. The van der Waals surface area contributed by atoms with Crippen LogP contribution in [0, 0.1) is 6.92 Å². The highest BCUT2D eigenvalue weighted by molar-refractivity contribution is 6.03. The third-order valence-electron chi connectivity index (χ3n) is 4.35. The Bertz CT molecular complexity index is 1010. The molecule has 3 aromatic rings. The Morgan fingerprint density at radius 2 is 1.93 bits per heavy atom. The number of hydrogen-bond donors (Lipinski definition) is 1. The molecule has 0 aliphatic heterocycles. The van der Waals surface area contributed by atoms with E-state index in [1.165, 1.54) is 0 Å². The molecule has 5 heteroatoms. The van der Waals surface area contributed by atoms with E-state index in [-0.39, 0.29) is 5.91 Å². The Morgan fingerprint density at radius 1 is 1.11 bits per heavy atom. The fourth-order valence-electron chi connectivity index (χ4n) is 2.95. The second-order valence-corrected chi connectivity index (χ2v) is 6.45. The molecule has 0 fully saturated rings. The van der Waals surface area contributed by atoms with Crippen molar-refractivity contribution >= 4 is 22.9 Å². The van der Waals surface area contributed by atoms with E-state index in [9.17, 15) is 4.79 Å². The van der Waals surface area contributed by atoms with Crippen LogP contribution in [-0.4, -0.2) is 25.8 Å². The summed E-state index contributed by atoms with van der Waals surface area (Å²) in [6.45, 7) is 4.62. The molecular weight excluding hydrogens is 352 g/mol. The van der Waals surface area contributed by atoms with E-state index < -0.39 is 0 Å². The van der Waals surface area contributed by atoms with Gasteiger partial charge in [0.15, 0.2) is 0 Å². The van der Waals surface area contributed by atoms with Gasteiger partial charge in [-0.2, -0.15) is 5.10 Å². The maximum Gasteiger partial charge on any atom is 0.275 e. The molecule has 0 spiro atoms. The van der Waals surface area contributed by atoms with Crippen LogP contribution in [0.5, 0.6) is 11.5 Å². The number of fused-ring (bicyclic) bond motifs is 1. The van der Waals surface area contributed by atoms with Crippen LogP contribution in [0.25, 0.3) is 10.8 Å². The first-order valence-corrected chi connectivity index (χ1v) is 9.26. The summed E-state index contributed by atoms with van der Waals surface area (Å²) in [5.74, 6) is 0.931. The van der Waals surface area contributed by atoms with E-state index in [2.05, 4.69) is 17.5 Å². The van der Waals surface area contributed by atoms with Crippen molar-refractivity contribution in [2.45, 2.75) is 20.3 Å². The van der Waals surface area contributed by atoms with Gasteiger partial charge in [-0.3, -0.25) is 4.79 Å². The summed E-state index contributed by atoms with van der Waals surface area (Å²) in [4.78, 5) is 12.5. The number of hydrazone groups is 1. The Kier molecular flexibility index (Phi) is 6.27. The van der Waals surface area contributed by atoms with Crippen LogP contribution in [0.4, 0.5) is 0 Å². The smallest absolute Gasteiger partial charge is 0.275 e. The quantitative estimate of drug-likeness (QED) is 0.480. The summed E-state index contributed by atoms with van der Waals surface area (Å²) in [5, 5.41) is 6.27. The Morgan fingerprint density at radius 3 is 2.71 bits per heavy atom. The molecule has 0 aliphatic rings. The van der Waals surface area contributed by atoms with Gasteiger partial charge in [-0.1, -0.05) is 43.3 Å². The molecule has 1 N–H and O–H groups in total. The first-order valence-electron chi connectivity index (χ1n) is 9.26. The minimum Gasteiger partial charge on any atom is -0.496 e. The standard InChI is InChI=1S/C23H24N2O3/c1-4-13-28-21-12-10-17-7-5-6-8-18(17)20(21)15-24-25-23(26)19-11-9-16(2)14-22(19)27-3/h5-12,14-15H,4,13H2,1-3H3,(H,25,26)/b24-15-. The monoisotopic (exact) mass is 376 g/mol. The van der Waals surface area contributed by atoms with E-state index in [1.807, 2.05) is 55.5 Å². The Labute approximate surface area is 165 Å². The number of methoxy groups -OCH3 is 1. The Hall–Kier alpha value is -3.34. The van der Waals surface area contributed by atoms with Gasteiger partial charge in [-0.15, -0.1) is 0 Å². The minimum absolute atomic E-state index is 0.329. The number of ether oxygens (including phenoxy) is 2. The number of carbonyl (C=O) groups excluding carboxylic acids is 1. The third-order valence-corrected chi connectivity index (χ3v) is 4.35. The maximum absolute atomic E-state index is 12.5. The molecule has 0 unspecified atom stereocenters. The van der Waals surface area contributed by atoms with Crippen molar-refractivity contribution in [3.63, 3.8) is 0 Å². The number of amides is 1. The van der Waals surface area contributed by atoms with Crippen LogP contribution in [0.3, 0.4) is 0 Å². The zero-order valence-corrected chi connectivity index (χ0v) is 16.4. The van der Waals surface area contributed by atoms with Crippen LogP contribution < -0.4 is 14.9 Å². The van der Waals surface area contributed by atoms with Crippen molar-refractivity contribution in [1.29, 1.82) is 0 Å². The van der Waals surface area contributed by atoms with Crippen molar-refractivity contribution in [2.24, 2.45) is 5.10 Å². The van der Waals surface area contributed by atoms with Crippen molar-refractivity contribution in [3.05, 3.63) is 71.3 Å². The van der Waals surface area contributed by atoms with Crippen molar-refractivity contribution in [3.8, 4) is 11.5 Å². The summed E-state index contributed by atoms with van der Waals surface area (Å²) in [7, 11) is 1.54. The van der Waals surface area contributed by atoms with Gasteiger partial charge < -0.3 is 9.47 Å². The van der Waals surface area contributed by atoms with Gasteiger partial charge in [0.2, 0.25) is 0 Å². The molecule has 28 heavy (non-hydrogen) atoms. The van der Waals surface area contributed by atoms with E-state index in [0.717, 1.165) is 34.1 Å².